The van der Waals surface area contributed by atoms with Gasteiger partial charge in [0.15, 0.2) is 0 Å². The molecule has 15 heavy (non-hydrogen) atoms. The van der Waals surface area contributed by atoms with Gasteiger partial charge >= 0.3 is 5.97 Å². The van der Waals surface area contributed by atoms with E-state index in [1.165, 1.54) is 12.3 Å². The SMILES string of the molecule is CC1CC1Nc1ncc(N)cc1C(=O)O. The maximum atomic E-state index is 10.9. The molecule has 2 unspecified atom stereocenters. The van der Waals surface area contributed by atoms with Crippen LogP contribution >= 0.6 is 0 Å². The Bertz CT molecular complexity index is 406. The Morgan fingerprint density at radius 2 is 2.40 bits per heavy atom. The quantitative estimate of drug-likeness (QED) is 0.692. The number of carbonyl (C=O) groups is 1. The average molecular weight is 207 g/mol. The molecule has 1 aromatic heterocycles. The van der Waals surface area contributed by atoms with E-state index in [-0.39, 0.29) is 5.56 Å². The van der Waals surface area contributed by atoms with E-state index >= 15 is 0 Å². The third-order valence-corrected chi connectivity index (χ3v) is 2.57. The van der Waals surface area contributed by atoms with Gasteiger partial charge in [-0.05, 0) is 18.4 Å². The third kappa shape index (κ3) is 2.01. The molecular weight excluding hydrogens is 194 g/mol. The second-order valence-electron chi connectivity index (χ2n) is 3.93. The summed E-state index contributed by atoms with van der Waals surface area (Å²) in [7, 11) is 0. The first-order valence-electron chi connectivity index (χ1n) is 4.83. The highest BCUT2D eigenvalue weighted by molar-refractivity contribution is 5.94. The van der Waals surface area contributed by atoms with Gasteiger partial charge in [0, 0.05) is 6.04 Å². The van der Waals surface area contributed by atoms with E-state index in [0.29, 0.717) is 23.5 Å². The van der Waals surface area contributed by atoms with Crippen LogP contribution in [0.25, 0.3) is 0 Å². The Labute approximate surface area is 87.3 Å². The van der Waals surface area contributed by atoms with Gasteiger partial charge in [0.05, 0.1) is 11.9 Å². The van der Waals surface area contributed by atoms with E-state index in [1.807, 2.05) is 0 Å². The van der Waals surface area contributed by atoms with Crippen molar-refractivity contribution in [2.45, 2.75) is 19.4 Å². The predicted molar refractivity (Wildman–Crippen MR) is 56.8 cm³/mol. The van der Waals surface area contributed by atoms with Crippen LogP contribution in [0.15, 0.2) is 12.3 Å². The van der Waals surface area contributed by atoms with Crippen molar-refractivity contribution >= 4 is 17.5 Å². The summed E-state index contributed by atoms with van der Waals surface area (Å²) < 4.78 is 0. The zero-order valence-electron chi connectivity index (χ0n) is 8.40. The summed E-state index contributed by atoms with van der Waals surface area (Å²) in [5, 5.41) is 12.0. The molecule has 0 aliphatic heterocycles. The number of hydrogen-bond acceptors (Lipinski definition) is 4. The van der Waals surface area contributed by atoms with Crippen molar-refractivity contribution < 1.29 is 9.90 Å². The molecule has 2 atom stereocenters. The monoisotopic (exact) mass is 207 g/mol. The molecule has 0 aromatic carbocycles. The molecule has 80 valence electrons. The first-order valence-corrected chi connectivity index (χ1v) is 4.83. The molecule has 1 aromatic rings. The topological polar surface area (TPSA) is 88.2 Å². The highest BCUT2D eigenvalue weighted by atomic mass is 16.4. The lowest BCUT2D eigenvalue weighted by molar-refractivity contribution is 0.0697. The molecule has 0 bridgehead atoms. The Balaban J connectivity index is 2.25. The zero-order chi connectivity index (χ0) is 11.0. The first-order chi connectivity index (χ1) is 7.08. The number of aromatic nitrogens is 1. The molecule has 1 aliphatic carbocycles. The van der Waals surface area contributed by atoms with Crippen LogP contribution in [-0.4, -0.2) is 22.1 Å². The lowest BCUT2D eigenvalue weighted by atomic mass is 10.2. The molecule has 5 heteroatoms. The smallest absolute Gasteiger partial charge is 0.339 e. The van der Waals surface area contributed by atoms with Crippen molar-refractivity contribution in [3.63, 3.8) is 0 Å². The van der Waals surface area contributed by atoms with Crippen LogP contribution in [0.5, 0.6) is 0 Å². The van der Waals surface area contributed by atoms with Gasteiger partial charge < -0.3 is 16.2 Å². The number of nitrogens with two attached hydrogens (primary N) is 1. The molecule has 4 N–H and O–H groups in total. The predicted octanol–water partition coefficient (Wildman–Crippen LogP) is 1.18. The molecule has 0 saturated heterocycles. The summed E-state index contributed by atoms with van der Waals surface area (Å²) >= 11 is 0. The summed E-state index contributed by atoms with van der Waals surface area (Å²) in [6, 6.07) is 1.77. The number of carboxylic acid groups (broad SMARTS) is 1. The number of nitrogens with zero attached hydrogens (tertiary/aromatic N) is 1. The molecule has 0 radical (unpaired) electrons. The molecule has 0 amide bonds. The maximum Gasteiger partial charge on any atom is 0.339 e. The molecule has 1 saturated carbocycles. The fourth-order valence-electron chi connectivity index (χ4n) is 1.46. The summed E-state index contributed by atoms with van der Waals surface area (Å²) in [4.78, 5) is 14.9. The minimum absolute atomic E-state index is 0.133. The summed E-state index contributed by atoms with van der Waals surface area (Å²) in [6.07, 6.45) is 2.52. The average Bonchev–Trinajstić information content (AvgIpc) is 2.85. The number of rotatable bonds is 3. The van der Waals surface area contributed by atoms with Crippen LogP contribution in [0.3, 0.4) is 0 Å². The molecule has 1 heterocycles. The lowest BCUT2D eigenvalue weighted by Gasteiger charge is -2.07. The fourth-order valence-corrected chi connectivity index (χ4v) is 1.46. The van der Waals surface area contributed by atoms with Gasteiger partial charge in [0.25, 0.3) is 0 Å². The van der Waals surface area contributed by atoms with Gasteiger partial charge in [0.1, 0.15) is 11.4 Å². The molecule has 1 aliphatic rings. The number of hydrogen-bond donors (Lipinski definition) is 3. The van der Waals surface area contributed by atoms with Crippen LogP contribution in [0.4, 0.5) is 11.5 Å². The van der Waals surface area contributed by atoms with Crippen molar-refractivity contribution in [3.05, 3.63) is 17.8 Å². The minimum Gasteiger partial charge on any atom is -0.478 e. The second kappa shape index (κ2) is 3.42. The molecule has 2 rings (SSSR count). The van der Waals surface area contributed by atoms with E-state index < -0.39 is 5.97 Å². The van der Waals surface area contributed by atoms with Crippen LogP contribution in [0.2, 0.25) is 0 Å². The van der Waals surface area contributed by atoms with Gasteiger partial charge in [-0.2, -0.15) is 0 Å². The molecular formula is C10H13N3O2. The van der Waals surface area contributed by atoms with Gasteiger partial charge in [-0.15, -0.1) is 0 Å². The van der Waals surface area contributed by atoms with Crippen LogP contribution in [0.1, 0.15) is 23.7 Å². The van der Waals surface area contributed by atoms with Crippen molar-refractivity contribution in [3.8, 4) is 0 Å². The Morgan fingerprint density at radius 3 is 2.93 bits per heavy atom. The number of nitrogens with one attached hydrogen (secondary N) is 1. The Morgan fingerprint density at radius 1 is 1.73 bits per heavy atom. The van der Waals surface area contributed by atoms with Crippen molar-refractivity contribution in [2.75, 3.05) is 11.1 Å². The van der Waals surface area contributed by atoms with E-state index in [1.54, 1.807) is 0 Å². The molecule has 0 spiro atoms. The number of anilines is 2. The number of pyridine rings is 1. The van der Waals surface area contributed by atoms with Gasteiger partial charge in [-0.1, -0.05) is 6.92 Å². The van der Waals surface area contributed by atoms with Crippen LogP contribution in [0, 0.1) is 5.92 Å². The number of nitrogen functional groups attached to an aromatic ring is 1. The number of aromatic carboxylic acids is 1. The van der Waals surface area contributed by atoms with Gasteiger partial charge in [-0.25, -0.2) is 9.78 Å². The highest BCUT2D eigenvalue weighted by Crippen LogP contribution is 2.33. The second-order valence-corrected chi connectivity index (χ2v) is 3.93. The van der Waals surface area contributed by atoms with Gasteiger partial charge in [-0.3, -0.25) is 0 Å². The first kappa shape index (κ1) is 9.76. The third-order valence-electron chi connectivity index (χ3n) is 2.57. The van der Waals surface area contributed by atoms with Crippen molar-refractivity contribution in [1.82, 2.24) is 4.98 Å². The van der Waals surface area contributed by atoms with Crippen molar-refractivity contribution in [2.24, 2.45) is 5.92 Å². The fraction of sp³-hybridized carbons (Fsp3) is 0.400. The van der Waals surface area contributed by atoms with Crippen LogP contribution in [-0.2, 0) is 0 Å². The summed E-state index contributed by atoms with van der Waals surface area (Å²) in [6.45, 7) is 2.11. The largest absolute Gasteiger partial charge is 0.478 e. The summed E-state index contributed by atoms with van der Waals surface area (Å²) in [5.41, 5.74) is 5.98. The summed E-state index contributed by atoms with van der Waals surface area (Å²) in [5.74, 6) is -0.0114. The van der Waals surface area contributed by atoms with E-state index in [4.69, 9.17) is 10.8 Å². The standard InChI is InChI=1S/C10H13N3O2/c1-5-2-8(5)13-9-7(10(14)15)3-6(11)4-12-9/h3-5,8H,2,11H2,1H3,(H,12,13)(H,14,15). The van der Waals surface area contributed by atoms with E-state index in [0.717, 1.165) is 6.42 Å². The van der Waals surface area contributed by atoms with E-state index in [9.17, 15) is 4.79 Å². The van der Waals surface area contributed by atoms with Gasteiger partial charge in [0.2, 0.25) is 0 Å². The minimum atomic E-state index is -1.01. The Hall–Kier alpha value is -1.78. The van der Waals surface area contributed by atoms with Crippen LogP contribution < -0.4 is 11.1 Å². The Kier molecular flexibility index (Phi) is 2.22. The molecule has 1 fully saturated rings. The highest BCUT2D eigenvalue weighted by Gasteiger charge is 2.33. The van der Waals surface area contributed by atoms with E-state index in [2.05, 4.69) is 17.2 Å². The molecule has 5 nitrogen and oxygen atoms in total. The normalized spacial score (nSPS) is 23.5. The van der Waals surface area contributed by atoms with Crippen molar-refractivity contribution in [1.29, 1.82) is 0 Å². The lowest BCUT2D eigenvalue weighted by Crippen LogP contribution is -2.11. The number of carboxylic acids is 1. The maximum absolute atomic E-state index is 10.9. The zero-order valence-corrected chi connectivity index (χ0v) is 8.40.